The molecule has 2 bridgehead atoms. The molecule has 1 unspecified atom stereocenters. The first kappa shape index (κ1) is 16.8. The van der Waals surface area contributed by atoms with Gasteiger partial charge < -0.3 is 24.1 Å². The lowest BCUT2D eigenvalue weighted by atomic mass is 9.90. The van der Waals surface area contributed by atoms with Crippen molar-refractivity contribution in [1.82, 2.24) is 15.0 Å². The van der Waals surface area contributed by atoms with Crippen molar-refractivity contribution in [2.45, 2.75) is 50.1 Å². The molecule has 144 valence electrons. The average Bonchev–Trinajstić information content (AvgIpc) is 3.33. The van der Waals surface area contributed by atoms with Crippen molar-refractivity contribution in [2.24, 2.45) is 0 Å². The van der Waals surface area contributed by atoms with E-state index >= 15 is 0 Å². The Hall–Kier alpha value is -2.30. The van der Waals surface area contributed by atoms with E-state index in [1.165, 1.54) is 6.07 Å². The molecule has 3 aliphatic rings. The van der Waals surface area contributed by atoms with Crippen LogP contribution in [0.15, 0.2) is 24.4 Å². The highest BCUT2D eigenvalue weighted by molar-refractivity contribution is 5.48. The molecule has 3 atom stereocenters. The number of para-hydroxylation sites is 1. The largest absolute Gasteiger partial charge is 0.586 e. The zero-order valence-corrected chi connectivity index (χ0v) is 14.2. The van der Waals surface area contributed by atoms with Crippen molar-refractivity contribution >= 4 is 0 Å². The molecular weight excluding hydrogens is 364 g/mol. The van der Waals surface area contributed by atoms with Gasteiger partial charge in [-0.25, -0.2) is 0 Å². The molecule has 3 aliphatic heterocycles. The monoisotopic (exact) mass is 381 g/mol. The maximum Gasteiger partial charge on any atom is 0.586 e. The van der Waals surface area contributed by atoms with Gasteiger partial charge in [-0.05, 0) is 25.3 Å². The smallest absolute Gasteiger partial charge is 0.395 e. The van der Waals surface area contributed by atoms with E-state index in [-0.39, 0.29) is 17.6 Å². The van der Waals surface area contributed by atoms with Gasteiger partial charge in [0.1, 0.15) is 5.69 Å². The fourth-order valence-electron chi connectivity index (χ4n) is 3.66. The summed E-state index contributed by atoms with van der Waals surface area (Å²) in [7, 11) is 0. The van der Waals surface area contributed by atoms with E-state index in [9.17, 15) is 13.9 Å². The second-order valence-electron chi connectivity index (χ2n) is 6.92. The second kappa shape index (κ2) is 5.85. The molecule has 4 heterocycles. The van der Waals surface area contributed by atoms with Crippen molar-refractivity contribution in [3.8, 4) is 11.5 Å². The normalized spacial score (nSPS) is 30.6. The minimum Gasteiger partial charge on any atom is -0.395 e. The van der Waals surface area contributed by atoms with E-state index in [2.05, 4.69) is 19.8 Å². The van der Waals surface area contributed by atoms with Crippen LogP contribution in [0.4, 0.5) is 8.78 Å². The van der Waals surface area contributed by atoms with Gasteiger partial charge in [0.05, 0.1) is 18.9 Å². The maximum atomic E-state index is 13.3. The molecule has 1 N–H and O–H groups in total. The predicted molar refractivity (Wildman–Crippen MR) is 84.1 cm³/mol. The van der Waals surface area contributed by atoms with Crippen molar-refractivity contribution < 1.29 is 32.8 Å². The number of aryl methyl sites for hydroxylation is 2. The van der Waals surface area contributed by atoms with Crippen molar-refractivity contribution in [3.05, 3.63) is 35.7 Å². The summed E-state index contributed by atoms with van der Waals surface area (Å²) in [5, 5.41) is 19.0. The van der Waals surface area contributed by atoms with Gasteiger partial charge in [0.25, 0.3) is 0 Å². The molecule has 2 fully saturated rings. The molecule has 0 radical (unpaired) electrons. The molecule has 2 saturated heterocycles. The maximum absolute atomic E-state index is 13.3. The molecule has 2 aromatic rings. The van der Waals surface area contributed by atoms with Crippen molar-refractivity contribution in [2.75, 3.05) is 6.61 Å². The number of nitrogens with zero attached hydrogens (tertiary/aromatic N) is 3. The van der Waals surface area contributed by atoms with E-state index in [0.717, 1.165) is 0 Å². The number of rotatable bonds is 4. The summed E-state index contributed by atoms with van der Waals surface area (Å²) < 4.78 is 48.3. The molecule has 0 aliphatic carbocycles. The van der Waals surface area contributed by atoms with Crippen LogP contribution in [-0.2, 0) is 28.0 Å². The molecule has 27 heavy (non-hydrogen) atoms. The van der Waals surface area contributed by atoms with Crippen LogP contribution >= 0.6 is 0 Å². The van der Waals surface area contributed by atoms with Gasteiger partial charge in [0.2, 0.25) is 0 Å². The van der Waals surface area contributed by atoms with E-state index in [1.807, 2.05) is 0 Å². The molecule has 1 aromatic carbocycles. The molecule has 8 nitrogen and oxygen atoms in total. The molecular formula is C17H17F2N3O5. The number of halogens is 2. The third kappa shape index (κ3) is 2.84. The number of fused-ring (bicyclic) bond motifs is 3. The highest BCUT2D eigenvalue weighted by Crippen LogP contribution is 2.43. The number of benzene rings is 1. The van der Waals surface area contributed by atoms with Crippen LogP contribution in [0.25, 0.3) is 0 Å². The molecule has 0 amide bonds. The zero-order chi connectivity index (χ0) is 18.6. The molecule has 0 spiro atoms. The molecule has 0 saturated carbocycles. The first-order chi connectivity index (χ1) is 12.9. The third-order valence-corrected chi connectivity index (χ3v) is 5.09. The summed E-state index contributed by atoms with van der Waals surface area (Å²) >= 11 is 0. The van der Waals surface area contributed by atoms with Gasteiger partial charge in [-0.3, -0.25) is 4.68 Å². The second-order valence-corrected chi connectivity index (χ2v) is 6.92. The zero-order valence-electron chi connectivity index (χ0n) is 14.2. The Morgan fingerprint density at radius 2 is 2.19 bits per heavy atom. The standard InChI is InChI=1S/C17H17F2N3O5/c18-17(19)26-12-3-1-2-10(14(12)27-17)5-7-22-8-13(20-21-22)16(23)6-4-11-9-24-15(16)25-11/h1-3,8,11,15,23H,4-7,9H2/t11-,15+,16?/m0/s1. The predicted octanol–water partition coefficient (Wildman–Crippen LogP) is 1.57. The van der Waals surface area contributed by atoms with Crippen LogP contribution in [0.3, 0.4) is 0 Å². The first-order valence-corrected chi connectivity index (χ1v) is 8.71. The molecule has 10 heteroatoms. The summed E-state index contributed by atoms with van der Waals surface area (Å²) in [6.07, 6.45) is -1.21. The fraction of sp³-hybridized carbons (Fsp3) is 0.529. The summed E-state index contributed by atoms with van der Waals surface area (Å²) in [6, 6.07) is 4.75. The van der Waals surface area contributed by atoms with Gasteiger partial charge in [0, 0.05) is 12.1 Å². The number of aromatic nitrogens is 3. The Balaban J connectivity index is 1.31. The fourth-order valence-corrected chi connectivity index (χ4v) is 3.66. The van der Waals surface area contributed by atoms with Gasteiger partial charge in [-0.15, -0.1) is 13.9 Å². The van der Waals surface area contributed by atoms with Gasteiger partial charge in [-0.1, -0.05) is 17.3 Å². The Morgan fingerprint density at radius 3 is 3.07 bits per heavy atom. The van der Waals surface area contributed by atoms with Crippen LogP contribution < -0.4 is 9.47 Å². The first-order valence-electron chi connectivity index (χ1n) is 8.71. The summed E-state index contributed by atoms with van der Waals surface area (Å²) in [6.45, 7) is 0.830. The summed E-state index contributed by atoms with van der Waals surface area (Å²) in [5.41, 5.74) is -0.390. The summed E-state index contributed by atoms with van der Waals surface area (Å²) in [5.74, 6) is 0.0472. The SMILES string of the molecule is OC1(c2cn(CCc3cccc4c3OC(F)(F)O4)nn2)CC[C@H]2CO[C@@H]1O2. The van der Waals surface area contributed by atoms with E-state index < -0.39 is 18.2 Å². The minimum atomic E-state index is -3.65. The average molecular weight is 381 g/mol. The van der Waals surface area contributed by atoms with E-state index in [4.69, 9.17) is 9.47 Å². The number of hydrogen-bond donors (Lipinski definition) is 1. The lowest BCUT2D eigenvalue weighted by molar-refractivity contribution is -0.286. The third-order valence-electron chi connectivity index (χ3n) is 5.09. The minimum absolute atomic E-state index is 0.0124. The quantitative estimate of drug-likeness (QED) is 0.860. The Bertz CT molecular complexity index is 876. The van der Waals surface area contributed by atoms with Crippen LogP contribution in [0.2, 0.25) is 0 Å². The van der Waals surface area contributed by atoms with Crippen molar-refractivity contribution in [1.29, 1.82) is 0 Å². The summed E-state index contributed by atoms with van der Waals surface area (Å²) in [4.78, 5) is 0. The van der Waals surface area contributed by atoms with E-state index in [0.29, 0.717) is 43.7 Å². The highest BCUT2D eigenvalue weighted by atomic mass is 19.3. The van der Waals surface area contributed by atoms with Gasteiger partial charge in [0.15, 0.2) is 23.4 Å². The number of aliphatic hydroxyl groups is 1. The van der Waals surface area contributed by atoms with E-state index in [1.54, 1.807) is 23.0 Å². The highest BCUT2D eigenvalue weighted by Gasteiger charge is 2.51. The Morgan fingerprint density at radius 1 is 1.30 bits per heavy atom. The van der Waals surface area contributed by atoms with Crippen LogP contribution in [0.1, 0.15) is 24.1 Å². The van der Waals surface area contributed by atoms with Gasteiger partial charge >= 0.3 is 6.29 Å². The Labute approximate surface area is 152 Å². The lowest BCUT2D eigenvalue weighted by Crippen LogP contribution is -2.44. The number of hydrogen-bond acceptors (Lipinski definition) is 7. The molecule has 1 aromatic heterocycles. The molecule has 5 rings (SSSR count). The number of alkyl halides is 2. The van der Waals surface area contributed by atoms with Crippen LogP contribution in [0, 0.1) is 0 Å². The Kier molecular flexibility index (Phi) is 3.65. The van der Waals surface area contributed by atoms with Crippen molar-refractivity contribution in [3.63, 3.8) is 0 Å². The van der Waals surface area contributed by atoms with Gasteiger partial charge in [-0.2, -0.15) is 0 Å². The topological polar surface area (TPSA) is 87.9 Å². The lowest BCUT2D eigenvalue weighted by Gasteiger charge is -2.34. The number of ether oxygens (including phenoxy) is 4. The van der Waals surface area contributed by atoms with Crippen LogP contribution in [0.5, 0.6) is 11.5 Å². The van der Waals surface area contributed by atoms with Crippen LogP contribution in [-0.4, -0.2) is 45.4 Å².